The summed E-state index contributed by atoms with van der Waals surface area (Å²) in [5, 5.41) is 8.93. The average Bonchev–Trinajstić information content (AvgIpc) is 3.23. The molecule has 4 rings (SSSR count). The molecule has 0 saturated carbocycles. The summed E-state index contributed by atoms with van der Waals surface area (Å²) >= 11 is 3.45. The van der Waals surface area contributed by atoms with Gasteiger partial charge in [0.2, 0.25) is 5.90 Å². The van der Waals surface area contributed by atoms with Crippen molar-refractivity contribution in [3.05, 3.63) is 99.8 Å². The van der Waals surface area contributed by atoms with Gasteiger partial charge in [-0.3, -0.25) is 10.2 Å². The van der Waals surface area contributed by atoms with Gasteiger partial charge in [-0.15, -0.1) is 0 Å². The molecule has 0 bridgehead atoms. The van der Waals surface area contributed by atoms with Crippen molar-refractivity contribution in [1.29, 1.82) is 0 Å². The van der Waals surface area contributed by atoms with Crippen LogP contribution in [0.3, 0.4) is 0 Å². The molecule has 0 unspecified atom stereocenters. The Balaban J connectivity index is 1.55. The summed E-state index contributed by atoms with van der Waals surface area (Å²) in [7, 11) is 0. The van der Waals surface area contributed by atoms with Crippen LogP contribution in [0, 0.1) is 5.82 Å². The van der Waals surface area contributed by atoms with Crippen LogP contribution in [0.5, 0.6) is 5.75 Å². The second kappa shape index (κ2) is 12.3. The zero-order valence-electron chi connectivity index (χ0n) is 20.4. The predicted molar refractivity (Wildman–Crippen MR) is 143 cm³/mol. The number of nitrogens with zero attached hydrogens (tertiary/aromatic N) is 1. The lowest BCUT2D eigenvalue weighted by atomic mass is 9.86. The molecule has 0 aliphatic carbocycles. The first-order valence-corrected chi connectivity index (χ1v) is 12.8. The Morgan fingerprint density at radius 1 is 1.14 bits per heavy atom. The smallest absolute Gasteiger partial charge is 0.266 e. The minimum Gasteiger partial charge on any atom is -0.494 e. The van der Waals surface area contributed by atoms with Gasteiger partial charge in [0.25, 0.3) is 5.91 Å². The van der Waals surface area contributed by atoms with Gasteiger partial charge in [-0.1, -0.05) is 40.2 Å². The lowest BCUT2D eigenvalue weighted by Crippen LogP contribution is -2.55. The van der Waals surface area contributed by atoms with Gasteiger partial charge in [-0.05, 0) is 66.6 Å². The van der Waals surface area contributed by atoms with E-state index >= 15 is 0 Å². The molecule has 0 radical (unpaired) electrons. The van der Waals surface area contributed by atoms with Crippen LogP contribution in [0.2, 0.25) is 0 Å². The van der Waals surface area contributed by atoms with E-state index < -0.39 is 11.6 Å². The number of ether oxygens (including phenoxy) is 2. The largest absolute Gasteiger partial charge is 0.494 e. The zero-order chi connectivity index (χ0) is 26.3. The quantitative estimate of drug-likeness (QED) is 0.236. The summed E-state index contributed by atoms with van der Waals surface area (Å²) in [6.07, 6.45) is 0.319. The van der Waals surface area contributed by atoms with Crippen molar-refractivity contribution in [2.45, 2.75) is 38.0 Å². The fraction of sp³-hybridized carbons (Fsp3) is 0.286. The highest BCUT2D eigenvalue weighted by Crippen LogP contribution is 2.33. The van der Waals surface area contributed by atoms with E-state index in [1.54, 1.807) is 24.3 Å². The van der Waals surface area contributed by atoms with Crippen LogP contribution < -0.4 is 15.6 Å². The normalized spacial score (nSPS) is 18.7. The zero-order valence-corrected chi connectivity index (χ0v) is 22.0. The SMILES string of the molecule is C[C@@H]1OC(c2ccc(OCCCO)cc2)=N[C@]1(Cc1ccc(Br)cc1)C(=O)NNCc1cccc(F)c1. The van der Waals surface area contributed by atoms with E-state index in [1.165, 1.54) is 12.1 Å². The average molecular weight is 570 g/mol. The van der Waals surface area contributed by atoms with Crippen LogP contribution in [0.15, 0.2) is 82.3 Å². The molecule has 37 heavy (non-hydrogen) atoms. The Bertz CT molecular complexity index is 1240. The molecular weight excluding hydrogens is 541 g/mol. The molecule has 194 valence electrons. The third-order valence-corrected chi connectivity index (χ3v) is 6.63. The maximum absolute atomic E-state index is 13.6. The van der Waals surface area contributed by atoms with Crippen LogP contribution >= 0.6 is 15.9 Å². The number of amides is 1. The van der Waals surface area contributed by atoms with Gasteiger partial charge in [0, 0.05) is 36.0 Å². The molecule has 0 saturated heterocycles. The van der Waals surface area contributed by atoms with Gasteiger partial charge in [-0.2, -0.15) is 0 Å². The topological polar surface area (TPSA) is 92.2 Å². The van der Waals surface area contributed by atoms with Gasteiger partial charge in [0.15, 0.2) is 5.54 Å². The molecule has 9 heteroatoms. The van der Waals surface area contributed by atoms with E-state index in [2.05, 4.69) is 26.8 Å². The predicted octanol–water partition coefficient (Wildman–Crippen LogP) is 4.32. The monoisotopic (exact) mass is 569 g/mol. The highest BCUT2D eigenvalue weighted by atomic mass is 79.9. The second-order valence-corrected chi connectivity index (χ2v) is 9.71. The van der Waals surface area contributed by atoms with Crippen LogP contribution in [-0.4, -0.2) is 41.8 Å². The molecule has 3 aromatic carbocycles. The van der Waals surface area contributed by atoms with Crippen molar-refractivity contribution in [3.63, 3.8) is 0 Å². The van der Waals surface area contributed by atoms with E-state index in [0.717, 1.165) is 15.6 Å². The Hall–Kier alpha value is -3.27. The number of hydrogen-bond donors (Lipinski definition) is 3. The van der Waals surface area contributed by atoms with Gasteiger partial charge in [0.1, 0.15) is 17.7 Å². The first-order valence-electron chi connectivity index (χ1n) is 12.0. The number of hydrogen-bond acceptors (Lipinski definition) is 6. The molecule has 0 spiro atoms. The number of carbonyl (C=O) groups excluding carboxylic acids is 1. The molecule has 1 aliphatic rings. The van der Waals surface area contributed by atoms with Gasteiger partial charge < -0.3 is 14.6 Å². The van der Waals surface area contributed by atoms with E-state index in [9.17, 15) is 9.18 Å². The molecule has 1 aliphatic heterocycles. The number of rotatable bonds is 11. The van der Waals surface area contributed by atoms with Crippen molar-refractivity contribution in [1.82, 2.24) is 10.9 Å². The minimum atomic E-state index is -1.23. The maximum atomic E-state index is 13.6. The number of benzene rings is 3. The third-order valence-electron chi connectivity index (χ3n) is 6.10. The van der Waals surface area contributed by atoms with Gasteiger partial charge in [0.05, 0.1) is 6.61 Å². The molecule has 1 heterocycles. The molecule has 3 aromatic rings. The Morgan fingerprint density at radius 2 is 1.89 bits per heavy atom. The number of hydrazine groups is 1. The van der Waals surface area contributed by atoms with Crippen molar-refractivity contribution < 1.29 is 23.8 Å². The molecule has 2 atom stereocenters. The van der Waals surface area contributed by atoms with E-state index in [0.29, 0.717) is 36.7 Å². The summed E-state index contributed by atoms with van der Waals surface area (Å²) in [4.78, 5) is 18.4. The molecule has 0 aromatic heterocycles. The molecule has 3 N–H and O–H groups in total. The highest BCUT2D eigenvalue weighted by Gasteiger charge is 2.50. The number of carbonyl (C=O) groups is 1. The van der Waals surface area contributed by atoms with E-state index in [4.69, 9.17) is 19.6 Å². The fourth-order valence-electron chi connectivity index (χ4n) is 4.04. The molecular formula is C28H29BrFN3O4. The third kappa shape index (κ3) is 6.74. The van der Waals surface area contributed by atoms with Crippen molar-refractivity contribution in [2.24, 2.45) is 4.99 Å². The number of nitrogens with one attached hydrogen (secondary N) is 2. The summed E-state index contributed by atoms with van der Waals surface area (Å²) in [6.45, 7) is 2.57. The standard InChI is InChI=1S/C28H29BrFN3O4/c1-19-28(17-20-6-10-23(29)11-7-20,27(35)33-31-18-21-4-2-5-24(30)16-21)32-26(37-19)22-8-12-25(13-9-22)36-15-3-14-34/h2,4-13,16,19,31,34H,3,14-15,17-18H2,1H3,(H,33,35)/t19-,28-/m0/s1. The Labute approximate surface area is 223 Å². The van der Waals surface area contributed by atoms with Gasteiger partial charge >= 0.3 is 0 Å². The lowest BCUT2D eigenvalue weighted by molar-refractivity contribution is -0.129. The molecule has 0 fully saturated rings. The molecule has 1 amide bonds. The van der Waals surface area contributed by atoms with Crippen LogP contribution in [-0.2, 0) is 22.5 Å². The summed E-state index contributed by atoms with van der Waals surface area (Å²) in [6, 6.07) is 21.2. The first-order chi connectivity index (χ1) is 17.9. The minimum absolute atomic E-state index is 0.0697. The summed E-state index contributed by atoms with van der Waals surface area (Å²) in [5.74, 6) is 0.351. The lowest BCUT2D eigenvalue weighted by Gasteiger charge is -2.28. The highest BCUT2D eigenvalue weighted by molar-refractivity contribution is 9.10. The van der Waals surface area contributed by atoms with Gasteiger partial charge in [-0.25, -0.2) is 14.8 Å². The molecule has 7 nitrogen and oxygen atoms in total. The van der Waals surface area contributed by atoms with Crippen LogP contribution in [0.1, 0.15) is 30.0 Å². The fourth-order valence-corrected chi connectivity index (χ4v) is 4.30. The van der Waals surface area contributed by atoms with Crippen LogP contribution in [0.25, 0.3) is 0 Å². The number of halogens is 2. The van der Waals surface area contributed by atoms with Crippen molar-refractivity contribution in [2.75, 3.05) is 13.2 Å². The second-order valence-electron chi connectivity index (χ2n) is 8.79. The number of aliphatic imine (C=N–C) groups is 1. The van der Waals surface area contributed by atoms with E-state index in [-0.39, 0.29) is 24.9 Å². The summed E-state index contributed by atoms with van der Waals surface area (Å²) in [5.41, 5.74) is 6.78. The van der Waals surface area contributed by atoms with E-state index in [1.807, 2.05) is 43.3 Å². The first kappa shape index (κ1) is 26.8. The van der Waals surface area contributed by atoms with Crippen LogP contribution in [0.4, 0.5) is 4.39 Å². The Morgan fingerprint density at radius 3 is 2.59 bits per heavy atom. The maximum Gasteiger partial charge on any atom is 0.266 e. The van der Waals surface area contributed by atoms with Crippen molar-refractivity contribution in [3.8, 4) is 5.75 Å². The van der Waals surface area contributed by atoms with Crippen molar-refractivity contribution >= 4 is 27.7 Å². The number of aliphatic hydroxyl groups excluding tert-OH is 1. The Kier molecular flexibility index (Phi) is 8.91. The number of aliphatic hydroxyl groups is 1. The summed E-state index contributed by atoms with van der Waals surface area (Å²) < 4.78 is 26.2.